The molecule has 1 saturated heterocycles. The van der Waals surface area contributed by atoms with E-state index in [2.05, 4.69) is 16.8 Å². The Morgan fingerprint density at radius 2 is 1.92 bits per heavy atom. The number of benzene rings is 1. The van der Waals surface area contributed by atoms with Gasteiger partial charge in [-0.25, -0.2) is 0 Å². The Hall–Kier alpha value is -2.34. The first-order valence-corrected chi connectivity index (χ1v) is 9.34. The van der Waals surface area contributed by atoms with Crippen LogP contribution in [-0.4, -0.2) is 65.5 Å². The van der Waals surface area contributed by atoms with Crippen molar-refractivity contribution < 1.29 is 14.3 Å². The zero-order chi connectivity index (χ0) is 18.5. The van der Waals surface area contributed by atoms with Gasteiger partial charge in [-0.15, -0.1) is 0 Å². The molecular weight excluding hydrogens is 330 g/mol. The third-order valence-electron chi connectivity index (χ3n) is 5.06. The normalized spacial score (nSPS) is 16.6. The highest BCUT2D eigenvalue weighted by Crippen LogP contribution is 2.19. The van der Waals surface area contributed by atoms with Gasteiger partial charge in [-0.05, 0) is 31.5 Å². The van der Waals surface area contributed by atoms with Crippen LogP contribution < -0.4 is 0 Å². The van der Waals surface area contributed by atoms with Crippen LogP contribution in [-0.2, 0) is 20.7 Å². The quantitative estimate of drug-likeness (QED) is 0.805. The van der Waals surface area contributed by atoms with E-state index in [4.69, 9.17) is 4.74 Å². The Morgan fingerprint density at radius 3 is 2.65 bits per heavy atom. The van der Waals surface area contributed by atoms with Gasteiger partial charge in [-0.1, -0.05) is 25.1 Å². The van der Waals surface area contributed by atoms with Gasteiger partial charge in [-0.3, -0.25) is 9.59 Å². The second-order valence-corrected chi connectivity index (χ2v) is 6.75. The number of ether oxygens (including phenoxy) is 1. The van der Waals surface area contributed by atoms with Gasteiger partial charge < -0.3 is 19.5 Å². The van der Waals surface area contributed by atoms with Gasteiger partial charge in [0.25, 0.3) is 5.91 Å². The monoisotopic (exact) mass is 357 g/mol. The van der Waals surface area contributed by atoms with Gasteiger partial charge in [0, 0.05) is 49.7 Å². The summed E-state index contributed by atoms with van der Waals surface area (Å²) in [5.41, 5.74) is 2.15. The fourth-order valence-corrected chi connectivity index (χ4v) is 3.42. The summed E-state index contributed by atoms with van der Waals surface area (Å²) >= 11 is 0. The van der Waals surface area contributed by atoms with Crippen LogP contribution in [0.15, 0.2) is 30.5 Å². The number of hydrogen-bond acceptors (Lipinski definition) is 4. The average Bonchev–Trinajstić information content (AvgIpc) is 3.09. The standard InChI is InChI=1S/C20H27N3O3/c1-3-22-10-12-23(13-11-22)20(25)15(2)26-19(24)9-8-16-14-21-18-7-5-4-6-17(16)18/h4-7,14-15,21H,3,8-13H2,1-2H3. The van der Waals surface area contributed by atoms with E-state index in [0.29, 0.717) is 19.5 Å². The lowest BCUT2D eigenvalue weighted by molar-refractivity contribution is -0.159. The molecule has 26 heavy (non-hydrogen) atoms. The maximum absolute atomic E-state index is 12.5. The van der Waals surface area contributed by atoms with Gasteiger partial charge in [0.15, 0.2) is 6.10 Å². The highest BCUT2D eigenvalue weighted by Gasteiger charge is 2.26. The topological polar surface area (TPSA) is 65.6 Å². The largest absolute Gasteiger partial charge is 0.453 e. The van der Waals surface area contributed by atoms with Crippen LogP contribution in [0.5, 0.6) is 0 Å². The number of nitrogens with zero attached hydrogens (tertiary/aromatic N) is 2. The molecule has 0 radical (unpaired) electrons. The smallest absolute Gasteiger partial charge is 0.306 e. The molecule has 1 atom stereocenters. The number of fused-ring (bicyclic) bond motifs is 1. The lowest BCUT2D eigenvalue weighted by Crippen LogP contribution is -2.51. The van der Waals surface area contributed by atoms with E-state index in [9.17, 15) is 9.59 Å². The Morgan fingerprint density at radius 1 is 1.19 bits per heavy atom. The number of carbonyl (C=O) groups excluding carboxylic acids is 2. The zero-order valence-electron chi connectivity index (χ0n) is 15.5. The molecule has 140 valence electrons. The molecule has 1 aromatic heterocycles. The van der Waals surface area contributed by atoms with Gasteiger partial charge in [-0.2, -0.15) is 0 Å². The van der Waals surface area contributed by atoms with Crippen molar-refractivity contribution in [1.82, 2.24) is 14.8 Å². The van der Waals surface area contributed by atoms with Gasteiger partial charge in [0.05, 0.1) is 0 Å². The molecule has 6 heteroatoms. The minimum atomic E-state index is -0.723. The van der Waals surface area contributed by atoms with Crippen molar-refractivity contribution in [3.05, 3.63) is 36.0 Å². The van der Waals surface area contributed by atoms with Crippen LogP contribution in [0.4, 0.5) is 0 Å². The van der Waals surface area contributed by atoms with Crippen molar-refractivity contribution >= 4 is 22.8 Å². The lowest BCUT2D eigenvalue weighted by Gasteiger charge is -2.35. The van der Waals surface area contributed by atoms with E-state index >= 15 is 0 Å². The molecule has 0 aliphatic carbocycles. The van der Waals surface area contributed by atoms with Crippen LogP contribution in [0.2, 0.25) is 0 Å². The lowest BCUT2D eigenvalue weighted by atomic mass is 10.1. The van der Waals surface area contributed by atoms with E-state index in [1.54, 1.807) is 11.8 Å². The first kappa shape index (κ1) is 18.5. The maximum atomic E-state index is 12.5. The number of hydrogen-bond donors (Lipinski definition) is 1. The maximum Gasteiger partial charge on any atom is 0.306 e. The van der Waals surface area contributed by atoms with E-state index in [1.165, 1.54) is 0 Å². The van der Waals surface area contributed by atoms with Crippen molar-refractivity contribution in [3.63, 3.8) is 0 Å². The molecule has 1 N–H and O–H groups in total. The van der Waals surface area contributed by atoms with E-state index in [0.717, 1.165) is 36.1 Å². The highest BCUT2D eigenvalue weighted by molar-refractivity contribution is 5.85. The number of esters is 1. The highest BCUT2D eigenvalue weighted by atomic mass is 16.5. The minimum absolute atomic E-state index is 0.0961. The minimum Gasteiger partial charge on any atom is -0.453 e. The van der Waals surface area contributed by atoms with E-state index < -0.39 is 6.10 Å². The molecule has 1 aromatic carbocycles. The summed E-state index contributed by atoms with van der Waals surface area (Å²) in [4.78, 5) is 31.9. The second kappa shape index (κ2) is 8.36. The molecule has 0 spiro atoms. The van der Waals surface area contributed by atoms with Crippen LogP contribution in [0, 0.1) is 0 Å². The number of aromatic nitrogens is 1. The Labute approximate surface area is 154 Å². The molecule has 1 amide bonds. The summed E-state index contributed by atoms with van der Waals surface area (Å²) in [5.74, 6) is -0.426. The van der Waals surface area contributed by atoms with Crippen molar-refractivity contribution in [2.75, 3.05) is 32.7 Å². The van der Waals surface area contributed by atoms with Crippen LogP contribution in [0.1, 0.15) is 25.8 Å². The van der Waals surface area contributed by atoms with E-state index in [-0.39, 0.29) is 18.3 Å². The first-order chi connectivity index (χ1) is 12.6. The van der Waals surface area contributed by atoms with Gasteiger partial charge >= 0.3 is 5.97 Å². The molecule has 0 saturated carbocycles. The number of H-pyrrole nitrogens is 1. The average molecular weight is 357 g/mol. The molecule has 0 bridgehead atoms. The summed E-state index contributed by atoms with van der Waals surface area (Å²) in [6.07, 6.45) is 2.07. The van der Waals surface area contributed by atoms with Crippen molar-refractivity contribution in [1.29, 1.82) is 0 Å². The van der Waals surface area contributed by atoms with Gasteiger partial charge in [0.2, 0.25) is 0 Å². The summed E-state index contributed by atoms with van der Waals surface area (Å²) in [5, 5.41) is 1.12. The third kappa shape index (κ3) is 4.25. The number of carbonyl (C=O) groups is 2. The van der Waals surface area contributed by atoms with Crippen molar-refractivity contribution in [3.8, 4) is 0 Å². The number of amides is 1. The molecule has 2 heterocycles. The number of para-hydroxylation sites is 1. The summed E-state index contributed by atoms with van der Waals surface area (Å²) < 4.78 is 5.37. The number of likely N-dealkylation sites (N-methyl/N-ethyl adjacent to an activating group) is 1. The summed E-state index contributed by atoms with van der Waals surface area (Å²) in [6, 6.07) is 8.01. The Kier molecular flexibility index (Phi) is 5.93. The molecule has 2 aromatic rings. The molecule has 1 fully saturated rings. The fraction of sp³-hybridized carbons (Fsp3) is 0.500. The fourth-order valence-electron chi connectivity index (χ4n) is 3.42. The first-order valence-electron chi connectivity index (χ1n) is 9.34. The number of aromatic amines is 1. The van der Waals surface area contributed by atoms with Gasteiger partial charge in [0.1, 0.15) is 0 Å². The zero-order valence-corrected chi connectivity index (χ0v) is 15.5. The summed E-state index contributed by atoms with van der Waals surface area (Å²) in [6.45, 7) is 7.94. The third-order valence-corrected chi connectivity index (χ3v) is 5.06. The number of aryl methyl sites for hydroxylation is 1. The molecule has 3 rings (SSSR count). The number of rotatable bonds is 6. The summed E-state index contributed by atoms with van der Waals surface area (Å²) in [7, 11) is 0. The SMILES string of the molecule is CCN1CCN(C(=O)C(C)OC(=O)CCc2c[nH]c3ccccc23)CC1. The van der Waals surface area contributed by atoms with E-state index in [1.807, 2.05) is 30.5 Å². The predicted octanol–water partition coefficient (Wildman–Crippen LogP) is 2.20. The second-order valence-electron chi connectivity index (χ2n) is 6.75. The molecular formula is C20H27N3O3. The Balaban J connectivity index is 1.47. The predicted molar refractivity (Wildman–Crippen MR) is 101 cm³/mol. The van der Waals surface area contributed by atoms with Crippen LogP contribution >= 0.6 is 0 Å². The number of nitrogens with one attached hydrogen (secondary N) is 1. The van der Waals surface area contributed by atoms with Crippen LogP contribution in [0.25, 0.3) is 10.9 Å². The molecule has 1 aliphatic heterocycles. The molecule has 1 unspecified atom stereocenters. The molecule has 6 nitrogen and oxygen atoms in total. The Bertz CT molecular complexity index is 763. The van der Waals surface area contributed by atoms with Crippen molar-refractivity contribution in [2.24, 2.45) is 0 Å². The number of piperazine rings is 1. The van der Waals surface area contributed by atoms with Crippen LogP contribution in [0.3, 0.4) is 0 Å². The molecule has 1 aliphatic rings. The van der Waals surface area contributed by atoms with Crippen molar-refractivity contribution in [2.45, 2.75) is 32.8 Å².